The predicted molar refractivity (Wildman–Crippen MR) is 98.9 cm³/mol. The molecule has 0 radical (unpaired) electrons. The molecule has 0 aliphatic heterocycles. The molecule has 1 aromatic heterocycles. The third kappa shape index (κ3) is 7.52. The first kappa shape index (κ1) is 22.9. The van der Waals surface area contributed by atoms with Crippen molar-refractivity contribution < 1.29 is 29.3 Å². The summed E-state index contributed by atoms with van der Waals surface area (Å²) in [6.45, 7) is 11.3. The molecule has 8 nitrogen and oxygen atoms in total. The van der Waals surface area contributed by atoms with Crippen molar-refractivity contribution in [1.29, 1.82) is 0 Å². The van der Waals surface area contributed by atoms with E-state index < -0.39 is 35.6 Å². The first-order chi connectivity index (χ1) is 12.2. The third-order valence-corrected chi connectivity index (χ3v) is 3.22. The molecule has 8 heteroatoms. The van der Waals surface area contributed by atoms with Crippen molar-refractivity contribution in [2.45, 2.75) is 78.4 Å². The largest absolute Gasteiger partial charge is 0.443 e. The monoisotopic (exact) mass is 382 g/mol. The van der Waals surface area contributed by atoms with Gasteiger partial charge in [-0.3, -0.25) is 4.98 Å². The smallest absolute Gasteiger partial charge is 0.420 e. The van der Waals surface area contributed by atoms with E-state index in [1.807, 2.05) is 0 Å². The van der Waals surface area contributed by atoms with Crippen molar-refractivity contribution in [3.05, 3.63) is 29.6 Å². The van der Waals surface area contributed by atoms with E-state index in [4.69, 9.17) is 9.47 Å². The number of hydrogen-bond acceptors (Lipinski definition) is 7. The summed E-state index contributed by atoms with van der Waals surface area (Å²) in [6, 6.07) is 3.21. The van der Waals surface area contributed by atoms with Gasteiger partial charge in [0.25, 0.3) is 0 Å². The summed E-state index contributed by atoms with van der Waals surface area (Å²) in [6.07, 6.45) is -2.64. The number of aromatic nitrogens is 1. The number of imide groups is 1. The molecule has 0 aliphatic carbocycles. The Kier molecular flexibility index (Phi) is 7.33. The molecule has 152 valence electrons. The van der Waals surface area contributed by atoms with E-state index >= 15 is 0 Å². The molecule has 0 saturated heterocycles. The van der Waals surface area contributed by atoms with Gasteiger partial charge in [-0.15, -0.1) is 0 Å². The number of amides is 2. The number of nitrogens with zero attached hydrogens (tertiary/aromatic N) is 2. The summed E-state index contributed by atoms with van der Waals surface area (Å²) in [5.74, 6) is 0. The lowest BCUT2D eigenvalue weighted by atomic mass is 10.1. The van der Waals surface area contributed by atoms with Crippen LogP contribution in [0.15, 0.2) is 18.3 Å². The lowest BCUT2D eigenvalue weighted by Crippen LogP contribution is -2.43. The van der Waals surface area contributed by atoms with Crippen molar-refractivity contribution in [3.8, 4) is 0 Å². The quantitative estimate of drug-likeness (QED) is 0.823. The lowest BCUT2D eigenvalue weighted by molar-refractivity contribution is -0.00101. The lowest BCUT2D eigenvalue weighted by Gasteiger charge is -2.29. The summed E-state index contributed by atoms with van der Waals surface area (Å²) in [7, 11) is 0. The zero-order chi connectivity index (χ0) is 21.0. The summed E-state index contributed by atoms with van der Waals surface area (Å²) in [5.41, 5.74) is -1.06. The number of hydrogen-bond donors (Lipinski definition) is 2. The van der Waals surface area contributed by atoms with Crippen LogP contribution in [0.2, 0.25) is 0 Å². The van der Waals surface area contributed by atoms with Crippen molar-refractivity contribution in [2.24, 2.45) is 0 Å². The molecule has 2 amide bonds. The topological polar surface area (TPSA) is 109 Å². The molecule has 0 aliphatic rings. The first-order valence-electron chi connectivity index (χ1n) is 8.74. The predicted octanol–water partition coefficient (Wildman–Crippen LogP) is 3.17. The fourth-order valence-corrected chi connectivity index (χ4v) is 2.09. The number of pyridine rings is 1. The standard InChI is InChI=1S/C19H30N2O6/c1-12(22)15(23)14-13(9-8-10-20-14)11-21(16(24)26-18(2,3)4)17(25)27-19(5,6)7/h8-10,12,15,22-23H,11H2,1-7H3/t12-,15+/m1/s1. The molecule has 1 heterocycles. The molecule has 0 saturated carbocycles. The van der Waals surface area contributed by atoms with Crippen molar-refractivity contribution in [2.75, 3.05) is 0 Å². The molecule has 27 heavy (non-hydrogen) atoms. The van der Waals surface area contributed by atoms with E-state index in [0.29, 0.717) is 5.56 Å². The number of carbonyl (C=O) groups excluding carboxylic acids is 2. The first-order valence-corrected chi connectivity index (χ1v) is 8.74. The highest BCUT2D eigenvalue weighted by molar-refractivity contribution is 5.88. The Morgan fingerprint density at radius 1 is 1.07 bits per heavy atom. The second kappa shape index (κ2) is 8.67. The van der Waals surface area contributed by atoms with Gasteiger partial charge in [-0.1, -0.05) is 6.07 Å². The summed E-state index contributed by atoms with van der Waals surface area (Å²) in [5, 5.41) is 19.8. The molecule has 1 rings (SSSR count). The Labute approximate surface area is 160 Å². The maximum atomic E-state index is 12.6. The minimum atomic E-state index is -1.26. The van der Waals surface area contributed by atoms with Gasteiger partial charge >= 0.3 is 12.2 Å². The van der Waals surface area contributed by atoms with E-state index in [-0.39, 0.29) is 12.2 Å². The number of aliphatic hydroxyl groups excluding tert-OH is 2. The van der Waals surface area contributed by atoms with Crippen LogP contribution < -0.4 is 0 Å². The molecular weight excluding hydrogens is 352 g/mol. The number of ether oxygens (including phenoxy) is 2. The van der Waals surface area contributed by atoms with Crippen molar-refractivity contribution in [1.82, 2.24) is 9.88 Å². The molecular formula is C19H30N2O6. The fraction of sp³-hybridized carbons (Fsp3) is 0.632. The van der Waals surface area contributed by atoms with E-state index in [0.717, 1.165) is 4.90 Å². The second-order valence-corrected chi connectivity index (χ2v) is 8.28. The Morgan fingerprint density at radius 2 is 1.56 bits per heavy atom. The van der Waals surface area contributed by atoms with Crippen LogP contribution in [0.5, 0.6) is 0 Å². The molecule has 0 bridgehead atoms. The van der Waals surface area contributed by atoms with E-state index in [1.54, 1.807) is 53.7 Å². The molecule has 0 aromatic carbocycles. The highest BCUT2D eigenvalue weighted by Crippen LogP contribution is 2.22. The van der Waals surface area contributed by atoms with Gasteiger partial charge in [0.15, 0.2) is 0 Å². The maximum Gasteiger partial charge on any atom is 0.420 e. The van der Waals surface area contributed by atoms with Crippen LogP contribution >= 0.6 is 0 Å². The van der Waals surface area contributed by atoms with Crippen LogP contribution in [-0.4, -0.2) is 49.6 Å². The van der Waals surface area contributed by atoms with Crippen LogP contribution in [0.4, 0.5) is 9.59 Å². The fourth-order valence-electron chi connectivity index (χ4n) is 2.09. The van der Waals surface area contributed by atoms with Gasteiger partial charge in [-0.25, -0.2) is 14.5 Å². The van der Waals surface area contributed by atoms with Gasteiger partial charge in [0, 0.05) is 6.20 Å². The Morgan fingerprint density at radius 3 is 1.96 bits per heavy atom. The summed E-state index contributed by atoms with van der Waals surface area (Å²) >= 11 is 0. The molecule has 0 unspecified atom stereocenters. The number of aliphatic hydroxyl groups is 2. The number of carbonyl (C=O) groups is 2. The second-order valence-electron chi connectivity index (χ2n) is 8.28. The Hall–Kier alpha value is -2.19. The summed E-state index contributed by atoms with van der Waals surface area (Å²) in [4.78, 5) is 30.0. The van der Waals surface area contributed by atoms with Crippen LogP contribution in [0.3, 0.4) is 0 Å². The van der Waals surface area contributed by atoms with E-state index in [9.17, 15) is 19.8 Å². The minimum absolute atomic E-state index is 0.171. The highest BCUT2D eigenvalue weighted by atomic mass is 16.6. The highest BCUT2D eigenvalue weighted by Gasteiger charge is 2.32. The SMILES string of the molecule is C[C@@H](O)[C@H](O)c1ncccc1CN(C(=O)OC(C)(C)C)C(=O)OC(C)(C)C. The van der Waals surface area contributed by atoms with E-state index in [2.05, 4.69) is 4.98 Å². The van der Waals surface area contributed by atoms with Crippen LogP contribution in [-0.2, 0) is 16.0 Å². The zero-order valence-electron chi connectivity index (χ0n) is 17.0. The van der Waals surface area contributed by atoms with Crippen LogP contribution in [0, 0.1) is 0 Å². The Bertz CT molecular complexity index is 633. The van der Waals surface area contributed by atoms with Gasteiger partial charge in [0.2, 0.25) is 0 Å². The molecule has 2 N–H and O–H groups in total. The van der Waals surface area contributed by atoms with Crippen LogP contribution in [0.1, 0.15) is 65.8 Å². The number of rotatable bonds is 4. The van der Waals surface area contributed by atoms with Gasteiger partial charge in [0.1, 0.15) is 17.3 Å². The van der Waals surface area contributed by atoms with Crippen LogP contribution in [0.25, 0.3) is 0 Å². The normalized spacial score (nSPS) is 14.3. The molecule has 1 aromatic rings. The van der Waals surface area contributed by atoms with Crippen molar-refractivity contribution >= 4 is 12.2 Å². The average Bonchev–Trinajstić information content (AvgIpc) is 2.48. The molecule has 2 atom stereocenters. The van der Waals surface area contributed by atoms with E-state index in [1.165, 1.54) is 13.1 Å². The van der Waals surface area contributed by atoms with Crippen molar-refractivity contribution in [3.63, 3.8) is 0 Å². The van der Waals surface area contributed by atoms with Gasteiger partial charge < -0.3 is 19.7 Å². The minimum Gasteiger partial charge on any atom is -0.443 e. The molecule has 0 spiro atoms. The summed E-state index contributed by atoms with van der Waals surface area (Å²) < 4.78 is 10.6. The van der Waals surface area contributed by atoms with Gasteiger partial charge in [-0.2, -0.15) is 0 Å². The average molecular weight is 382 g/mol. The maximum absolute atomic E-state index is 12.6. The third-order valence-electron chi connectivity index (χ3n) is 3.22. The van der Waals surface area contributed by atoms with Gasteiger partial charge in [0.05, 0.1) is 18.3 Å². The molecule has 0 fully saturated rings. The Balaban J connectivity index is 3.22. The van der Waals surface area contributed by atoms with Gasteiger partial charge in [-0.05, 0) is 60.1 Å². The zero-order valence-corrected chi connectivity index (χ0v) is 17.0.